The molecule has 1 aromatic carbocycles. The van der Waals surface area contributed by atoms with Gasteiger partial charge in [-0.05, 0) is 26.8 Å². The lowest BCUT2D eigenvalue weighted by Crippen LogP contribution is -2.32. The summed E-state index contributed by atoms with van der Waals surface area (Å²) >= 11 is 0. The fourth-order valence-electron chi connectivity index (χ4n) is 2.35. The van der Waals surface area contributed by atoms with Crippen LogP contribution < -0.4 is 10.5 Å². The molecule has 0 fully saturated rings. The third kappa shape index (κ3) is 2.61. The number of nitrogens with two attached hydrogens (primary N) is 1. The van der Waals surface area contributed by atoms with E-state index < -0.39 is 0 Å². The number of hydrogen-bond donors (Lipinski definition) is 1. The van der Waals surface area contributed by atoms with Crippen LogP contribution in [-0.4, -0.2) is 27.9 Å². The maximum absolute atomic E-state index is 6.16. The monoisotopic (exact) mass is 260 g/mol. The van der Waals surface area contributed by atoms with E-state index in [1.807, 2.05) is 49.7 Å². The third-order valence-electron chi connectivity index (χ3n) is 3.13. The summed E-state index contributed by atoms with van der Waals surface area (Å²) in [5.41, 5.74) is 7.18. The number of rotatable bonds is 4. The molecule has 0 saturated carbocycles. The Morgan fingerprint density at radius 2 is 1.95 bits per heavy atom. The van der Waals surface area contributed by atoms with Crippen molar-refractivity contribution in [2.75, 3.05) is 7.11 Å². The molecular weight excluding hydrogens is 240 g/mol. The van der Waals surface area contributed by atoms with Crippen molar-refractivity contribution in [3.05, 3.63) is 41.5 Å². The van der Waals surface area contributed by atoms with Gasteiger partial charge < -0.3 is 10.5 Å². The Morgan fingerprint density at radius 3 is 2.47 bits per heavy atom. The molecule has 5 nitrogen and oxygen atoms in total. The van der Waals surface area contributed by atoms with Crippen LogP contribution in [0.1, 0.15) is 30.2 Å². The molecule has 102 valence electrons. The molecular formula is C14H20N4O. The van der Waals surface area contributed by atoms with E-state index in [-0.39, 0.29) is 12.1 Å². The number of aryl methyl sites for hydroxylation is 2. The van der Waals surface area contributed by atoms with Crippen LogP contribution in [0.25, 0.3) is 0 Å². The van der Waals surface area contributed by atoms with Gasteiger partial charge in [-0.15, -0.1) is 0 Å². The Balaban J connectivity index is 2.55. The number of methoxy groups -OCH3 is 1. The summed E-state index contributed by atoms with van der Waals surface area (Å²) in [4.78, 5) is 4.35. The lowest BCUT2D eigenvalue weighted by Gasteiger charge is -2.24. The first-order valence-corrected chi connectivity index (χ1v) is 6.33. The fraction of sp³-hybridized carbons (Fsp3) is 0.429. The first kappa shape index (κ1) is 13.5. The summed E-state index contributed by atoms with van der Waals surface area (Å²) in [5, 5.41) is 4.45. The lowest BCUT2D eigenvalue weighted by atomic mass is 10.00. The molecule has 2 rings (SSSR count). The van der Waals surface area contributed by atoms with E-state index in [4.69, 9.17) is 10.5 Å². The van der Waals surface area contributed by atoms with Crippen molar-refractivity contribution in [1.29, 1.82) is 0 Å². The Bertz CT molecular complexity index is 562. The van der Waals surface area contributed by atoms with Crippen molar-refractivity contribution in [2.24, 2.45) is 5.73 Å². The molecule has 1 aromatic heterocycles. The molecule has 0 aliphatic carbocycles. The van der Waals surface area contributed by atoms with E-state index in [1.165, 1.54) is 0 Å². The van der Waals surface area contributed by atoms with Gasteiger partial charge in [-0.1, -0.05) is 18.2 Å². The third-order valence-corrected chi connectivity index (χ3v) is 3.13. The molecule has 0 bridgehead atoms. The van der Waals surface area contributed by atoms with E-state index in [0.717, 1.165) is 23.0 Å². The molecule has 0 aliphatic heterocycles. The average molecular weight is 260 g/mol. The molecule has 0 amide bonds. The summed E-state index contributed by atoms with van der Waals surface area (Å²) in [6, 6.07) is 7.69. The molecule has 0 aliphatic rings. The van der Waals surface area contributed by atoms with E-state index in [1.54, 1.807) is 7.11 Å². The molecule has 2 unspecified atom stereocenters. The summed E-state index contributed by atoms with van der Waals surface area (Å²) in [5.74, 6) is 2.42. The molecule has 2 atom stereocenters. The van der Waals surface area contributed by atoms with E-state index >= 15 is 0 Å². The summed E-state index contributed by atoms with van der Waals surface area (Å²) in [7, 11) is 1.66. The van der Waals surface area contributed by atoms with E-state index in [9.17, 15) is 0 Å². The maximum atomic E-state index is 6.16. The smallest absolute Gasteiger partial charge is 0.147 e. The molecule has 0 spiro atoms. The summed E-state index contributed by atoms with van der Waals surface area (Å²) < 4.78 is 7.30. The van der Waals surface area contributed by atoms with Gasteiger partial charge in [0.25, 0.3) is 0 Å². The summed E-state index contributed by atoms with van der Waals surface area (Å²) in [6.07, 6.45) is 0. The minimum atomic E-state index is -0.101. The van der Waals surface area contributed by atoms with Crippen molar-refractivity contribution in [3.8, 4) is 5.75 Å². The van der Waals surface area contributed by atoms with Crippen molar-refractivity contribution >= 4 is 0 Å². The molecule has 19 heavy (non-hydrogen) atoms. The highest BCUT2D eigenvalue weighted by molar-refractivity contribution is 5.37. The van der Waals surface area contributed by atoms with Crippen LogP contribution in [0.15, 0.2) is 24.3 Å². The number of benzene rings is 1. The van der Waals surface area contributed by atoms with Gasteiger partial charge in [0.1, 0.15) is 17.4 Å². The lowest BCUT2D eigenvalue weighted by molar-refractivity contribution is 0.382. The first-order valence-electron chi connectivity index (χ1n) is 6.33. The van der Waals surface area contributed by atoms with Gasteiger partial charge >= 0.3 is 0 Å². The number of nitrogens with zero attached hydrogens (tertiary/aromatic N) is 3. The average Bonchev–Trinajstić information content (AvgIpc) is 2.69. The van der Waals surface area contributed by atoms with Gasteiger partial charge in [0.05, 0.1) is 13.2 Å². The highest BCUT2D eigenvalue weighted by Gasteiger charge is 2.24. The largest absolute Gasteiger partial charge is 0.496 e. The predicted octanol–water partition coefficient (Wildman–Crippen LogP) is 1.84. The van der Waals surface area contributed by atoms with Crippen molar-refractivity contribution in [3.63, 3.8) is 0 Å². The predicted molar refractivity (Wildman–Crippen MR) is 74.3 cm³/mol. The molecule has 1 heterocycles. The van der Waals surface area contributed by atoms with Gasteiger partial charge in [0, 0.05) is 11.6 Å². The van der Waals surface area contributed by atoms with Gasteiger partial charge in [-0.25, -0.2) is 9.67 Å². The first-order chi connectivity index (χ1) is 9.04. The minimum absolute atomic E-state index is 0.0858. The molecule has 2 N–H and O–H groups in total. The molecule has 0 radical (unpaired) electrons. The van der Waals surface area contributed by atoms with Crippen LogP contribution in [0.5, 0.6) is 5.75 Å². The van der Waals surface area contributed by atoms with E-state index in [0.29, 0.717) is 0 Å². The van der Waals surface area contributed by atoms with Crippen LogP contribution in [0.3, 0.4) is 0 Å². The van der Waals surface area contributed by atoms with Crippen molar-refractivity contribution in [1.82, 2.24) is 14.8 Å². The second kappa shape index (κ2) is 5.40. The highest BCUT2D eigenvalue weighted by Crippen LogP contribution is 2.29. The van der Waals surface area contributed by atoms with Crippen LogP contribution in [0.4, 0.5) is 0 Å². The van der Waals surface area contributed by atoms with Crippen molar-refractivity contribution < 1.29 is 4.74 Å². The Labute approximate surface area is 113 Å². The van der Waals surface area contributed by atoms with E-state index in [2.05, 4.69) is 10.1 Å². The quantitative estimate of drug-likeness (QED) is 0.911. The molecule has 0 saturated heterocycles. The highest BCUT2D eigenvalue weighted by atomic mass is 16.5. The van der Waals surface area contributed by atoms with Crippen molar-refractivity contribution in [2.45, 2.75) is 32.9 Å². The topological polar surface area (TPSA) is 66.0 Å². The number of para-hydroxylation sites is 1. The van der Waals surface area contributed by atoms with Gasteiger partial charge in [0.2, 0.25) is 0 Å². The second-order valence-electron chi connectivity index (χ2n) is 4.70. The zero-order chi connectivity index (χ0) is 14.0. The van der Waals surface area contributed by atoms with Crippen LogP contribution in [0, 0.1) is 13.8 Å². The standard InChI is InChI=1S/C14H20N4O/c1-9(15)14(18-11(3)16-10(2)17-18)12-7-5-6-8-13(12)19-4/h5-9,14H,15H2,1-4H3. The molecule has 5 heteroatoms. The number of ether oxygens (including phenoxy) is 1. The zero-order valence-corrected chi connectivity index (χ0v) is 11.8. The normalized spacial score (nSPS) is 14.2. The van der Waals surface area contributed by atoms with Gasteiger partial charge in [-0.2, -0.15) is 5.10 Å². The van der Waals surface area contributed by atoms with Gasteiger partial charge in [-0.3, -0.25) is 0 Å². The summed E-state index contributed by atoms with van der Waals surface area (Å²) in [6.45, 7) is 5.78. The van der Waals surface area contributed by atoms with Crippen LogP contribution in [-0.2, 0) is 0 Å². The number of aromatic nitrogens is 3. The SMILES string of the molecule is COc1ccccc1C(C(C)N)n1nc(C)nc1C. The second-order valence-corrected chi connectivity index (χ2v) is 4.70. The number of hydrogen-bond acceptors (Lipinski definition) is 4. The van der Waals surface area contributed by atoms with Gasteiger partial charge in [0.15, 0.2) is 0 Å². The Hall–Kier alpha value is -1.88. The maximum Gasteiger partial charge on any atom is 0.147 e. The molecule has 2 aromatic rings. The Kier molecular flexibility index (Phi) is 3.85. The van der Waals surface area contributed by atoms with Crippen LogP contribution in [0.2, 0.25) is 0 Å². The Morgan fingerprint density at radius 1 is 1.26 bits per heavy atom. The fourth-order valence-corrected chi connectivity index (χ4v) is 2.35. The minimum Gasteiger partial charge on any atom is -0.496 e. The zero-order valence-electron chi connectivity index (χ0n) is 11.8. The van der Waals surface area contributed by atoms with Crippen LogP contribution >= 0.6 is 0 Å².